The zero-order valence-electron chi connectivity index (χ0n) is 17.6. The van der Waals surface area contributed by atoms with Crippen LogP contribution >= 0.6 is 22.9 Å². The van der Waals surface area contributed by atoms with Gasteiger partial charge >= 0.3 is 0 Å². The number of nitrogens with zero attached hydrogens (tertiary/aromatic N) is 3. The van der Waals surface area contributed by atoms with Gasteiger partial charge in [-0.25, -0.2) is 4.98 Å². The molecule has 0 radical (unpaired) electrons. The van der Waals surface area contributed by atoms with E-state index in [0.29, 0.717) is 16.7 Å². The predicted molar refractivity (Wildman–Crippen MR) is 135 cm³/mol. The van der Waals surface area contributed by atoms with E-state index in [4.69, 9.17) is 16.6 Å². The Labute approximate surface area is 201 Å². The second-order valence-corrected chi connectivity index (χ2v) is 9.05. The van der Waals surface area contributed by atoms with E-state index in [-0.39, 0.29) is 5.91 Å². The highest BCUT2D eigenvalue weighted by molar-refractivity contribution is 7.22. The van der Waals surface area contributed by atoms with Crippen molar-refractivity contribution in [3.05, 3.63) is 125 Å². The van der Waals surface area contributed by atoms with E-state index in [0.717, 1.165) is 27.0 Å². The van der Waals surface area contributed by atoms with Crippen LogP contribution < -0.4 is 4.90 Å². The van der Waals surface area contributed by atoms with E-state index in [1.165, 1.54) is 11.3 Å². The minimum Gasteiger partial charge on any atom is -0.281 e. The predicted octanol–water partition coefficient (Wildman–Crippen LogP) is 6.71. The highest BCUT2D eigenvalue weighted by atomic mass is 35.5. The molecule has 1 amide bonds. The second-order valence-electron chi connectivity index (χ2n) is 7.61. The molecule has 33 heavy (non-hydrogen) atoms. The lowest BCUT2D eigenvalue weighted by Crippen LogP contribution is -2.35. The smallest absolute Gasteiger partial charge is 0.241 e. The third-order valence-electron chi connectivity index (χ3n) is 5.40. The van der Waals surface area contributed by atoms with Crippen molar-refractivity contribution in [2.45, 2.75) is 12.5 Å². The van der Waals surface area contributed by atoms with Crippen LogP contribution in [0.1, 0.15) is 22.7 Å². The summed E-state index contributed by atoms with van der Waals surface area (Å²) in [6.07, 6.45) is 1.74. The van der Waals surface area contributed by atoms with E-state index >= 15 is 0 Å². The zero-order chi connectivity index (χ0) is 22.6. The van der Waals surface area contributed by atoms with Crippen molar-refractivity contribution in [2.75, 3.05) is 4.90 Å². The lowest BCUT2D eigenvalue weighted by molar-refractivity contribution is -0.119. The number of hydrogen-bond donors (Lipinski definition) is 0. The Morgan fingerprint density at radius 1 is 0.879 bits per heavy atom. The fourth-order valence-corrected chi connectivity index (χ4v) is 5.07. The van der Waals surface area contributed by atoms with Gasteiger partial charge in [-0.05, 0) is 41.5 Å². The maximum Gasteiger partial charge on any atom is 0.241 e. The molecule has 0 bridgehead atoms. The SMILES string of the molecule is O=C(C(c1ccccc1)c1ccccc1)N(Cc1ccccn1)c1nc2ccc(Cl)cc2s1. The van der Waals surface area contributed by atoms with Gasteiger partial charge in [0, 0.05) is 11.2 Å². The van der Waals surface area contributed by atoms with Crippen molar-refractivity contribution in [3.63, 3.8) is 0 Å². The molecule has 3 aromatic carbocycles. The van der Waals surface area contributed by atoms with E-state index in [1.807, 2.05) is 97.1 Å². The lowest BCUT2D eigenvalue weighted by atomic mass is 9.90. The summed E-state index contributed by atoms with van der Waals surface area (Å²) in [4.78, 5) is 25.2. The van der Waals surface area contributed by atoms with Crippen LogP contribution in [-0.2, 0) is 11.3 Å². The number of carbonyl (C=O) groups excluding carboxylic acids is 1. The molecule has 0 aliphatic rings. The molecule has 0 unspecified atom stereocenters. The van der Waals surface area contributed by atoms with Crippen LogP contribution in [0.5, 0.6) is 0 Å². The standard InChI is InChI=1S/C27H20ClN3OS/c28-21-14-15-23-24(17-21)33-27(30-23)31(18-22-13-7-8-16-29-22)26(32)25(19-9-3-1-4-10-19)20-11-5-2-6-12-20/h1-17,25H,18H2. The molecule has 0 fully saturated rings. The maximum atomic E-state index is 14.2. The maximum absolute atomic E-state index is 14.2. The highest BCUT2D eigenvalue weighted by Crippen LogP contribution is 2.35. The van der Waals surface area contributed by atoms with E-state index < -0.39 is 5.92 Å². The van der Waals surface area contributed by atoms with Gasteiger partial charge in [0.05, 0.1) is 28.4 Å². The van der Waals surface area contributed by atoms with E-state index in [2.05, 4.69) is 4.98 Å². The minimum atomic E-state index is -0.466. The number of halogens is 1. The molecule has 5 rings (SSSR count). The summed E-state index contributed by atoms with van der Waals surface area (Å²) in [6.45, 7) is 0.323. The first-order valence-corrected chi connectivity index (χ1v) is 11.8. The number of anilines is 1. The molecule has 2 heterocycles. The van der Waals surface area contributed by atoms with Crippen molar-refractivity contribution in [1.29, 1.82) is 0 Å². The van der Waals surface area contributed by atoms with Gasteiger partial charge in [-0.2, -0.15) is 0 Å². The van der Waals surface area contributed by atoms with Crippen molar-refractivity contribution < 1.29 is 4.79 Å². The number of carbonyl (C=O) groups is 1. The van der Waals surface area contributed by atoms with Crippen LogP contribution in [0.15, 0.2) is 103 Å². The molecule has 0 saturated heterocycles. The van der Waals surface area contributed by atoms with Crippen LogP contribution in [0.2, 0.25) is 5.02 Å². The Morgan fingerprint density at radius 2 is 1.55 bits per heavy atom. The van der Waals surface area contributed by atoms with Crippen molar-refractivity contribution in [3.8, 4) is 0 Å². The monoisotopic (exact) mass is 469 g/mol. The molecule has 6 heteroatoms. The number of benzene rings is 3. The molecular formula is C27H20ClN3OS. The summed E-state index contributed by atoms with van der Waals surface area (Å²) in [5.41, 5.74) is 3.48. The first-order chi connectivity index (χ1) is 16.2. The fourth-order valence-electron chi connectivity index (χ4n) is 3.82. The average molecular weight is 470 g/mol. The Hall–Kier alpha value is -3.54. The molecule has 0 aliphatic heterocycles. The summed E-state index contributed by atoms with van der Waals surface area (Å²) >= 11 is 7.66. The summed E-state index contributed by atoms with van der Waals surface area (Å²) < 4.78 is 0.937. The van der Waals surface area contributed by atoms with Gasteiger partial charge in [0.1, 0.15) is 0 Å². The van der Waals surface area contributed by atoms with E-state index in [9.17, 15) is 4.79 Å². The molecule has 2 aromatic heterocycles. The van der Waals surface area contributed by atoms with Crippen molar-refractivity contribution >= 4 is 44.2 Å². The molecule has 162 valence electrons. The van der Waals surface area contributed by atoms with Gasteiger partial charge < -0.3 is 0 Å². The number of rotatable bonds is 6. The van der Waals surface area contributed by atoms with Crippen LogP contribution in [0, 0.1) is 0 Å². The summed E-state index contributed by atoms with van der Waals surface area (Å²) in [7, 11) is 0. The van der Waals surface area contributed by atoms with Crippen molar-refractivity contribution in [1.82, 2.24) is 9.97 Å². The Morgan fingerprint density at radius 3 is 2.18 bits per heavy atom. The number of hydrogen-bond acceptors (Lipinski definition) is 4. The van der Waals surface area contributed by atoms with Gasteiger partial charge in [0.15, 0.2) is 5.13 Å². The quantitative estimate of drug-likeness (QED) is 0.277. The molecule has 0 aliphatic carbocycles. The number of pyridine rings is 1. The van der Waals surface area contributed by atoms with Crippen LogP contribution in [-0.4, -0.2) is 15.9 Å². The number of aromatic nitrogens is 2. The molecule has 4 nitrogen and oxygen atoms in total. The molecule has 5 aromatic rings. The Kier molecular flexibility index (Phi) is 6.15. The van der Waals surface area contributed by atoms with Crippen LogP contribution in [0.4, 0.5) is 5.13 Å². The van der Waals surface area contributed by atoms with Gasteiger partial charge in [0.25, 0.3) is 0 Å². The summed E-state index contributed by atoms with van der Waals surface area (Å²) in [5.74, 6) is -0.519. The van der Waals surface area contributed by atoms with Gasteiger partial charge in [-0.15, -0.1) is 0 Å². The van der Waals surface area contributed by atoms with E-state index in [1.54, 1.807) is 11.1 Å². The average Bonchev–Trinajstić information content (AvgIpc) is 3.27. The zero-order valence-corrected chi connectivity index (χ0v) is 19.2. The number of thiazole rings is 1. The topological polar surface area (TPSA) is 46.1 Å². The number of fused-ring (bicyclic) bond motifs is 1. The largest absolute Gasteiger partial charge is 0.281 e. The van der Waals surface area contributed by atoms with Crippen LogP contribution in [0.3, 0.4) is 0 Å². The van der Waals surface area contributed by atoms with Crippen molar-refractivity contribution in [2.24, 2.45) is 0 Å². The third-order valence-corrected chi connectivity index (χ3v) is 6.67. The summed E-state index contributed by atoms with van der Waals surface area (Å²) in [5, 5.41) is 1.27. The lowest BCUT2D eigenvalue weighted by Gasteiger charge is -2.26. The molecule has 0 spiro atoms. The summed E-state index contributed by atoms with van der Waals surface area (Å²) in [6, 6.07) is 31.0. The molecule has 0 atom stereocenters. The fraction of sp³-hybridized carbons (Fsp3) is 0.0741. The Balaban J connectivity index is 1.62. The van der Waals surface area contributed by atoms with Gasteiger partial charge in [-0.1, -0.05) is 89.7 Å². The van der Waals surface area contributed by atoms with Gasteiger partial charge in [-0.3, -0.25) is 14.7 Å². The van der Waals surface area contributed by atoms with Gasteiger partial charge in [0.2, 0.25) is 5.91 Å². The van der Waals surface area contributed by atoms with Crippen LogP contribution in [0.25, 0.3) is 10.2 Å². The Bertz CT molecular complexity index is 1330. The third kappa shape index (κ3) is 4.65. The minimum absolute atomic E-state index is 0.0526. The normalized spacial score (nSPS) is 11.1. The molecule has 0 saturated carbocycles. The highest BCUT2D eigenvalue weighted by Gasteiger charge is 2.30. The molecular weight excluding hydrogens is 450 g/mol. The first kappa shape index (κ1) is 21.3. The number of amides is 1. The second kappa shape index (κ2) is 9.53. The molecule has 0 N–H and O–H groups in total. The first-order valence-electron chi connectivity index (χ1n) is 10.6.